The smallest absolute Gasteiger partial charge is 0.225 e. The highest BCUT2D eigenvalue weighted by Gasteiger charge is 2.39. The number of hydrogen-bond acceptors (Lipinski definition) is 4. The third kappa shape index (κ3) is 3.32. The maximum atomic E-state index is 12.6. The number of carbonyl (C=O) groups excluding carboxylic acids is 2. The van der Waals surface area contributed by atoms with Gasteiger partial charge in [0, 0.05) is 18.3 Å². The molecule has 3 rings (SSSR count). The number of amides is 2. The SMILES string of the molecule is Cc1ccc(CNC(=O)[C@H]2CCC(=O)N(C)[C@@H]2c2cccs2)o1. The van der Waals surface area contributed by atoms with Crippen LogP contribution in [0.25, 0.3) is 0 Å². The zero-order valence-electron chi connectivity index (χ0n) is 13.2. The van der Waals surface area contributed by atoms with Crippen molar-refractivity contribution in [1.82, 2.24) is 10.2 Å². The molecule has 0 spiro atoms. The van der Waals surface area contributed by atoms with Gasteiger partial charge in [-0.1, -0.05) is 6.07 Å². The van der Waals surface area contributed by atoms with Gasteiger partial charge in [0.05, 0.1) is 18.5 Å². The van der Waals surface area contributed by atoms with Crippen molar-refractivity contribution in [3.05, 3.63) is 46.0 Å². The fraction of sp³-hybridized carbons (Fsp3) is 0.412. The lowest BCUT2D eigenvalue weighted by Crippen LogP contribution is -2.45. The Morgan fingerprint density at radius 2 is 2.26 bits per heavy atom. The fourth-order valence-electron chi connectivity index (χ4n) is 3.05. The lowest BCUT2D eigenvalue weighted by atomic mass is 9.87. The summed E-state index contributed by atoms with van der Waals surface area (Å²) in [4.78, 5) is 27.4. The average Bonchev–Trinajstić information content (AvgIpc) is 3.19. The quantitative estimate of drug-likeness (QED) is 0.936. The summed E-state index contributed by atoms with van der Waals surface area (Å²) in [7, 11) is 1.78. The van der Waals surface area contributed by atoms with E-state index in [1.165, 1.54) is 0 Å². The molecule has 1 aliphatic heterocycles. The lowest BCUT2D eigenvalue weighted by Gasteiger charge is -2.37. The van der Waals surface area contributed by atoms with Crippen molar-refractivity contribution in [2.45, 2.75) is 32.4 Å². The molecule has 2 atom stereocenters. The van der Waals surface area contributed by atoms with Crippen LogP contribution in [0, 0.1) is 12.8 Å². The van der Waals surface area contributed by atoms with Gasteiger partial charge in [0.25, 0.3) is 0 Å². The van der Waals surface area contributed by atoms with Gasteiger partial charge >= 0.3 is 0 Å². The summed E-state index contributed by atoms with van der Waals surface area (Å²) in [5.74, 6) is 1.40. The van der Waals surface area contributed by atoms with Crippen LogP contribution in [-0.4, -0.2) is 23.8 Å². The van der Waals surface area contributed by atoms with Crippen molar-refractivity contribution in [3.63, 3.8) is 0 Å². The second-order valence-electron chi connectivity index (χ2n) is 5.84. The summed E-state index contributed by atoms with van der Waals surface area (Å²) < 4.78 is 5.48. The van der Waals surface area contributed by atoms with Crippen molar-refractivity contribution < 1.29 is 14.0 Å². The van der Waals surface area contributed by atoms with Crippen LogP contribution in [0.5, 0.6) is 0 Å². The first-order valence-electron chi connectivity index (χ1n) is 7.68. The number of rotatable bonds is 4. The largest absolute Gasteiger partial charge is 0.465 e. The first kappa shape index (κ1) is 15.8. The molecule has 3 heterocycles. The number of nitrogens with zero attached hydrogens (tertiary/aromatic N) is 1. The topological polar surface area (TPSA) is 62.6 Å². The van der Waals surface area contributed by atoms with Crippen LogP contribution < -0.4 is 5.32 Å². The van der Waals surface area contributed by atoms with Gasteiger partial charge in [0.15, 0.2) is 0 Å². The van der Waals surface area contributed by atoms with Crippen LogP contribution in [0.15, 0.2) is 34.1 Å². The molecule has 122 valence electrons. The minimum atomic E-state index is -0.229. The summed E-state index contributed by atoms with van der Waals surface area (Å²) in [5, 5.41) is 4.92. The highest BCUT2D eigenvalue weighted by molar-refractivity contribution is 7.10. The van der Waals surface area contributed by atoms with Crippen LogP contribution in [0.1, 0.15) is 35.3 Å². The summed E-state index contributed by atoms with van der Waals surface area (Å²) in [6.45, 7) is 2.25. The van der Waals surface area contributed by atoms with E-state index < -0.39 is 0 Å². The Labute approximate surface area is 139 Å². The fourth-order valence-corrected chi connectivity index (χ4v) is 3.98. The second-order valence-corrected chi connectivity index (χ2v) is 6.82. The van der Waals surface area contributed by atoms with Crippen LogP contribution in [0.2, 0.25) is 0 Å². The molecule has 1 aliphatic rings. The highest BCUT2D eigenvalue weighted by Crippen LogP contribution is 2.37. The maximum absolute atomic E-state index is 12.6. The molecule has 2 aromatic rings. The van der Waals surface area contributed by atoms with E-state index in [4.69, 9.17) is 4.42 Å². The maximum Gasteiger partial charge on any atom is 0.225 e. The van der Waals surface area contributed by atoms with E-state index in [-0.39, 0.29) is 23.8 Å². The number of likely N-dealkylation sites (tertiary alicyclic amines) is 1. The number of thiophene rings is 1. The normalized spacial score (nSPS) is 21.5. The minimum absolute atomic E-state index is 0.0307. The molecule has 5 nitrogen and oxygen atoms in total. The Morgan fingerprint density at radius 3 is 2.91 bits per heavy atom. The van der Waals surface area contributed by atoms with Crippen LogP contribution in [0.4, 0.5) is 0 Å². The van der Waals surface area contributed by atoms with Gasteiger partial charge in [-0.25, -0.2) is 0 Å². The van der Waals surface area contributed by atoms with Gasteiger partial charge in [-0.15, -0.1) is 11.3 Å². The van der Waals surface area contributed by atoms with Crippen LogP contribution in [-0.2, 0) is 16.1 Å². The summed E-state index contributed by atoms with van der Waals surface area (Å²) in [5.41, 5.74) is 0. The Bertz CT molecular complexity index is 693. The average molecular weight is 332 g/mol. The molecule has 2 aromatic heterocycles. The molecule has 0 unspecified atom stereocenters. The molecule has 2 amide bonds. The van der Waals surface area contributed by atoms with Gasteiger partial charge < -0.3 is 14.6 Å². The lowest BCUT2D eigenvalue weighted by molar-refractivity contribution is -0.141. The number of carbonyl (C=O) groups is 2. The first-order valence-corrected chi connectivity index (χ1v) is 8.56. The van der Waals surface area contributed by atoms with E-state index in [2.05, 4.69) is 5.32 Å². The molecule has 0 radical (unpaired) electrons. The molecule has 6 heteroatoms. The molecule has 23 heavy (non-hydrogen) atoms. The number of piperidine rings is 1. The highest BCUT2D eigenvalue weighted by atomic mass is 32.1. The second kappa shape index (κ2) is 6.58. The van der Waals surface area contributed by atoms with E-state index in [0.29, 0.717) is 19.4 Å². The molecule has 1 N–H and O–H groups in total. The monoisotopic (exact) mass is 332 g/mol. The van der Waals surface area contributed by atoms with Crippen molar-refractivity contribution in [2.24, 2.45) is 5.92 Å². The molecular weight excluding hydrogens is 312 g/mol. The number of aryl methyl sites for hydroxylation is 1. The first-order chi connectivity index (χ1) is 11.1. The van der Waals surface area contributed by atoms with E-state index in [9.17, 15) is 9.59 Å². The Balaban J connectivity index is 1.73. The number of nitrogens with one attached hydrogen (secondary N) is 1. The molecule has 0 aliphatic carbocycles. The van der Waals surface area contributed by atoms with Crippen LogP contribution >= 0.6 is 11.3 Å². The van der Waals surface area contributed by atoms with Gasteiger partial charge in [-0.05, 0) is 36.9 Å². The van der Waals surface area contributed by atoms with Gasteiger partial charge in [-0.2, -0.15) is 0 Å². The Morgan fingerprint density at radius 1 is 1.43 bits per heavy atom. The Kier molecular flexibility index (Phi) is 4.52. The van der Waals surface area contributed by atoms with Gasteiger partial charge in [0.2, 0.25) is 11.8 Å². The zero-order valence-corrected chi connectivity index (χ0v) is 14.1. The van der Waals surface area contributed by atoms with E-state index in [0.717, 1.165) is 16.4 Å². The van der Waals surface area contributed by atoms with Crippen molar-refractivity contribution in [1.29, 1.82) is 0 Å². The standard InChI is InChI=1S/C17H20N2O3S/c1-11-5-6-12(22-11)10-18-17(21)13-7-8-15(20)19(2)16(13)14-4-3-9-23-14/h3-6,9,13,16H,7-8,10H2,1-2H3,(H,18,21)/t13-,16-/m0/s1. The van der Waals surface area contributed by atoms with Crippen molar-refractivity contribution in [3.8, 4) is 0 Å². The summed E-state index contributed by atoms with van der Waals surface area (Å²) in [6.07, 6.45) is 0.991. The summed E-state index contributed by atoms with van der Waals surface area (Å²) in [6, 6.07) is 7.49. The minimum Gasteiger partial charge on any atom is -0.465 e. The Hall–Kier alpha value is -2.08. The predicted octanol–water partition coefficient (Wildman–Crippen LogP) is 2.88. The van der Waals surface area contributed by atoms with E-state index in [1.807, 2.05) is 36.6 Å². The third-order valence-electron chi connectivity index (χ3n) is 4.27. The number of hydrogen-bond donors (Lipinski definition) is 1. The van der Waals surface area contributed by atoms with Gasteiger partial charge in [0.1, 0.15) is 11.5 Å². The summed E-state index contributed by atoms with van der Waals surface area (Å²) >= 11 is 1.58. The molecule has 1 fully saturated rings. The van der Waals surface area contributed by atoms with Gasteiger partial charge in [-0.3, -0.25) is 9.59 Å². The number of furan rings is 1. The van der Waals surface area contributed by atoms with E-state index in [1.54, 1.807) is 23.3 Å². The third-order valence-corrected chi connectivity index (χ3v) is 5.21. The van der Waals surface area contributed by atoms with Crippen molar-refractivity contribution in [2.75, 3.05) is 7.05 Å². The molecule has 0 aromatic carbocycles. The van der Waals surface area contributed by atoms with Crippen molar-refractivity contribution >= 4 is 23.2 Å². The molecular formula is C17H20N2O3S. The molecule has 0 saturated carbocycles. The molecule has 1 saturated heterocycles. The van der Waals surface area contributed by atoms with E-state index >= 15 is 0 Å². The predicted molar refractivity (Wildman–Crippen MR) is 87.8 cm³/mol. The van der Waals surface area contributed by atoms with Crippen LogP contribution in [0.3, 0.4) is 0 Å². The zero-order chi connectivity index (χ0) is 16.4. The molecule has 0 bridgehead atoms.